The van der Waals surface area contributed by atoms with Gasteiger partial charge in [-0.1, -0.05) is 12.1 Å². The minimum Gasteiger partial charge on any atom is -0.496 e. The second-order valence-electron chi connectivity index (χ2n) is 9.55. The molecule has 0 bridgehead atoms. The van der Waals surface area contributed by atoms with E-state index >= 15 is 0 Å². The minimum absolute atomic E-state index is 0.723. The first-order chi connectivity index (χ1) is 17.2. The first-order valence-electron chi connectivity index (χ1n) is 12.6. The molecule has 4 aromatic rings. The third kappa shape index (κ3) is 4.12. The van der Waals surface area contributed by atoms with Gasteiger partial charge in [0.2, 0.25) is 0 Å². The quantitative estimate of drug-likeness (QED) is 0.395. The smallest absolute Gasteiger partial charge is 0.142 e. The number of ether oxygens (including phenoxy) is 2. The van der Waals surface area contributed by atoms with Crippen LogP contribution < -0.4 is 14.4 Å². The number of nitrogens with zero attached hydrogens (tertiary/aromatic N) is 3. The monoisotopic (exact) mass is 468 g/mol. The SMILES string of the molecule is COc1ccnc2[nH]c(-c3ccc(OCCN4CCCC4)cc3)c(-c3ccc4c(c3)N(C)CC4)c12. The molecule has 180 valence electrons. The van der Waals surface area contributed by atoms with Crippen molar-refractivity contribution in [3.63, 3.8) is 0 Å². The largest absolute Gasteiger partial charge is 0.496 e. The van der Waals surface area contributed by atoms with E-state index in [1.165, 1.54) is 37.2 Å². The maximum atomic E-state index is 6.04. The highest BCUT2D eigenvalue weighted by atomic mass is 16.5. The third-order valence-electron chi connectivity index (χ3n) is 7.40. The summed E-state index contributed by atoms with van der Waals surface area (Å²) in [6.07, 6.45) is 5.50. The van der Waals surface area contributed by atoms with Crippen molar-refractivity contribution in [1.29, 1.82) is 0 Å². The van der Waals surface area contributed by atoms with Gasteiger partial charge in [0, 0.05) is 37.6 Å². The highest BCUT2D eigenvalue weighted by Gasteiger charge is 2.22. The van der Waals surface area contributed by atoms with E-state index < -0.39 is 0 Å². The zero-order chi connectivity index (χ0) is 23.8. The molecule has 6 nitrogen and oxygen atoms in total. The molecular weight excluding hydrogens is 436 g/mol. The van der Waals surface area contributed by atoms with E-state index in [9.17, 15) is 0 Å². The fraction of sp³-hybridized carbons (Fsp3) is 0.345. The van der Waals surface area contributed by atoms with Crippen LogP contribution >= 0.6 is 0 Å². The van der Waals surface area contributed by atoms with E-state index in [4.69, 9.17) is 9.47 Å². The summed E-state index contributed by atoms with van der Waals surface area (Å²) in [5.74, 6) is 1.73. The van der Waals surface area contributed by atoms with Crippen LogP contribution in [0.2, 0.25) is 0 Å². The van der Waals surface area contributed by atoms with E-state index in [0.29, 0.717) is 0 Å². The lowest BCUT2D eigenvalue weighted by Gasteiger charge is -2.15. The molecule has 0 atom stereocenters. The van der Waals surface area contributed by atoms with Crippen LogP contribution in [0.3, 0.4) is 0 Å². The number of benzene rings is 2. The summed E-state index contributed by atoms with van der Waals surface area (Å²) in [7, 11) is 3.88. The lowest BCUT2D eigenvalue weighted by atomic mass is 9.96. The Hall–Kier alpha value is -3.51. The molecule has 0 unspecified atom stereocenters. The molecule has 2 aromatic heterocycles. The summed E-state index contributed by atoms with van der Waals surface area (Å²) >= 11 is 0. The molecule has 1 fully saturated rings. The number of hydrogen-bond donors (Lipinski definition) is 1. The summed E-state index contributed by atoms with van der Waals surface area (Å²) in [5.41, 5.74) is 7.95. The van der Waals surface area contributed by atoms with Crippen LogP contribution in [0, 0.1) is 0 Å². The van der Waals surface area contributed by atoms with Gasteiger partial charge in [0.05, 0.1) is 18.2 Å². The van der Waals surface area contributed by atoms with Crippen LogP contribution in [0.15, 0.2) is 54.7 Å². The summed E-state index contributed by atoms with van der Waals surface area (Å²) < 4.78 is 11.8. The molecule has 1 saturated heterocycles. The van der Waals surface area contributed by atoms with E-state index in [-0.39, 0.29) is 0 Å². The highest BCUT2D eigenvalue weighted by Crippen LogP contribution is 2.43. The van der Waals surface area contributed by atoms with Crippen LogP contribution in [0.4, 0.5) is 5.69 Å². The number of aromatic amines is 1. The molecule has 0 aliphatic carbocycles. The van der Waals surface area contributed by atoms with Crippen LogP contribution in [0.5, 0.6) is 11.5 Å². The summed E-state index contributed by atoms with van der Waals surface area (Å²) in [4.78, 5) is 13.0. The molecule has 6 rings (SSSR count). The molecule has 35 heavy (non-hydrogen) atoms. The van der Waals surface area contributed by atoms with E-state index in [2.05, 4.69) is 69.3 Å². The molecule has 4 heterocycles. The van der Waals surface area contributed by atoms with Gasteiger partial charge in [0.25, 0.3) is 0 Å². The average molecular weight is 469 g/mol. The summed E-state index contributed by atoms with van der Waals surface area (Å²) in [6.45, 7) is 5.17. The van der Waals surface area contributed by atoms with Gasteiger partial charge in [-0.3, -0.25) is 4.90 Å². The van der Waals surface area contributed by atoms with Crippen molar-refractivity contribution in [1.82, 2.24) is 14.9 Å². The topological polar surface area (TPSA) is 53.6 Å². The zero-order valence-corrected chi connectivity index (χ0v) is 20.5. The normalized spacial score (nSPS) is 15.7. The van der Waals surface area contributed by atoms with Gasteiger partial charge in [-0.2, -0.15) is 0 Å². The number of likely N-dealkylation sites (tertiary alicyclic amines) is 1. The fourth-order valence-electron chi connectivity index (χ4n) is 5.47. The van der Waals surface area contributed by atoms with Crippen LogP contribution in [-0.4, -0.2) is 61.8 Å². The number of anilines is 1. The second-order valence-corrected chi connectivity index (χ2v) is 9.55. The molecule has 2 aromatic carbocycles. The highest BCUT2D eigenvalue weighted by molar-refractivity contribution is 6.06. The number of aromatic nitrogens is 2. The lowest BCUT2D eigenvalue weighted by molar-refractivity contribution is 0.238. The van der Waals surface area contributed by atoms with Gasteiger partial charge in [-0.05, 0) is 85.4 Å². The molecule has 0 radical (unpaired) electrons. The van der Waals surface area contributed by atoms with E-state index in [0.717, 1.165) is 71.0 Å². The average Bonchev–Trinajstić information content (AvgIpc) is 3.63. The van der Waals surface area contributed by atoms with Crippen molar-refractivity contribution in [3.05, 3.63) is 60.3 Å². The van der Waals surface area contributed by atoms with Gasteiger partial charge in [0.15, 0.2) is 0 Å². The molecule has 0 amide bonds. The Morgan fingerprint density at radius 3 is 2.57 bits per heavy atom. The van der Waals surface area contributed by atoms with Gasteiger partial charge < -0.3 is 19.4 Å². The van der Waals surface area contributed by atoms with Crippen molar-refractivity contribution in [3.8, 4) is 33.9 Å². The Balaban J connectivity index is 1.37. The predicted molar refractivity (Wildman–Crippen MR) is 142 cm³/mol. The van der Waals surface area contributed by atoms with E-state index in [1.807, 2.05) is 6.07 Å². The Kier molecular flexibility index (Phi) is 5.82. The Morgan fingerprint density at radius 2 is 1.77 bits per heavy atom. The van der Waals surface area contributed by atoms with Crippen molar-refractivity contribution in [2.24, 2.45) is 0 Å². The number of fused-ring (bicyclic) bond motifs is 2. The number of likely N-dealkylation sites (N-methyl/N-ethyl adjacent to an activating group) is 1. The van der Waals surface area contributed by atoms with E-state index in [1.54, 1.807) is 13.3 Å². The number of nitrogens with one attached hydrogen (secondary N) is 1. The van der Waals surface area contributed by atoms with Crippen molar-refractivity contribution in [2.75, 3.05) is 51.8 Å². The van der Waals surface area contributed by atoms with Gasteiger partial charge in [-0.15, -0.1) is 0 Å². The van der Waals surface area contributed by atoms with Gasteiger partial charge >= 0.3 is 0 Å². The Morgan fingerprint density at radius 1 is 0.971 bits per heavy atom. The van der Waals surface area contributed by atoms with Crippen LogP contribution in [0.1, 0.15) is 18.4 Å². The summed E-state index contributed by atoms with van der Waals surface area (Å²) in [5, 5.41) is 1.01. The minimum atomic E-state index is 0.723. The predicted octanol–water partition coefficient (Wildman–Crippen LogP) is 5.37. The Labute approximate surface area is 206 Å². The van der Waals surface area contributed by atoms with Gasteiger partial charge in [-0.25, -0.2) is 4.98 Å². The summed E-state index contributed by atoms with van der Waals surface area (Å²) in [6, 6.07) is 17.1. The first kappa shape index (κ1) is 22.0. The number of H-pyrrole nitrogens is 1. The number of pyridine rings is 1. The molecule has 1 N–H and O–H groups in total. The van der Waals surface area contributed by atoms with Crippen molar-refractivity contribution < 1.29 is 9.47 Å². The number of methoxy groups -OCH3 is 1. The first-order valence-corrected chi connectivity index (χ1v) is 12.6. The maximum absolute atomic E-state index is 6.04. The fourth-order valence-corrected chi connectivity index (χ4v) is 5.47. The molecule has 0 spiro atoms. The van der Waals surface area contributed by atoms with Crippen LogP contribution in [-0.2, 0) is 6.42 Å². The van der Waals surface area contributed by atoms with Gasteiger partial charge in [0.1, 0.15) is 23.8 Å². The lowest BCUT2D eigenvalue weighted by Crippen LogP contribution is -2.25. The zero-order valence-electron chi connectivity index (χ0n) is 20.5. The molecular formula is C29H32N4O2. The number of rotatable bonds is 7. The molecule has 0 saturated carbocycles. The van der Waals surface area contributed by atoms with Crippen molar-refractivity contribution in [2.45, 2.75) is 19.3 Å². The molecule has 2 aliphatic heterocycles. The number of hydrogen-bond acceptors (Lipinski definition) is 5. The maximum Gasteiger partial charge on any atom is 0.142 e. The van der Waals surface area contributed by atoms with Crippen molar-refractivity contribution >= 4 is 16.7 Å². The molecule has 2 aliphatic rings. The third-order valence-corrected chi connectivity index (χ3v) is 7.40. The Bertz CT molecular complexity index is 1340. The second kappa shape index (κ2) is 9.27. The standard InChI is InChI=1S/C29H32N4O2/c1-32-16-12-20-5-6-22(19-24(20)32)26-27-25(34-2)11-13-30-29(27)31-28(26)21-7-9-23(10-8-21)35-18-17-33-14-3-4-15-33/h5-11,13,19H,3-4,12,14-18H2,1-2H3,(H,30,31). The molecule has 6 heteroatoms. The van der Waals surface area contributed by atoms with Crippen LogP contribution in [0.25, 0.3) is 33.4 Å².